The van der Waals surface area contributed by atoms with Gasteiger partial charge in [0.15, 0.2) is 0 Å². The minimum atomic E-state index is -0.0565. The Bertz CT molecular complexity index is 550. The smallest absolute Gasteiger partial charge is 0.257 e. The summed E-state index contributed by atoms with van der Waals surface area (Å²) in [5.74, 6) is -0.0565. The van der Waals surface area contributed by atoms with Crippen LogP contribution in [0.3, 0.4) is 0 Å². The van der Waals surface area contributed by atoms with Crippen molar-refractivity contribution >= 4 is 11.4 Å². The van der Waals surface area contributed by atoms with E-state index in [1.165, 1.54) is 0 Å². The number of carbonyl (C=O) groups is 1. The zero-order valence-corrected chi connectivity index (χ0v) is 10.6. The monoisotopic (exact) mass is 247 g/mol. The van der Waals surface area contributed by atoms with Crippen molar-refractivity contribution < 1.29 is 4.79 Å². The summed E-state index contributed by atoms with van der Waals surface area (Å²) in [7, 11) is 1.78. The summed E-state index contributed by atoms with van der Waals surface area (Å²) in [6, 6.07) is 0.106. The van der Waals surface area contributed by atoms with Crippen molar-refractivity contribution in [3.8, 4) is 0 Å². The molecule has 2 rings (SSSR count). The average molecular weight is 247 g/mol. The first-order valence-electron chi connectivity index (χ1n) is 5.89. The molecular weight excluding hydrogens is 230 g/mol. The van der Waals surface area contributed by atoms with Crippen LogP contribution in [0.1, 0.15) is 23.7 Å². The molecule has 0 bridgehead atoms. The minimum absolute atomic E-state index is 0.0565. The maximum atomic E-state index is 12.3. The van der Waals surface area contributed by atoms with Crippen LogP contribution in [0.4, 0.5) is 0 Å². The van der Waals surface area contributed by atoms with E-state index in [2.05, 4.69) is 10.1 Å². The molecule has 1 unspecified atom stereocenters. The highest BCUT2D eigenvalue weighted by atomic mass is 16.2. The van der Waals surface area contributed by atoms with Crippen LogP contribution in [0, 0.1) is 0 Å². The Morgan fingerprint density at radius 1 is 1.56 bits per heavy atom. The second kappa shape index (κ2) is 5.14. The van der Waals surface area contributed by atoms with Crippen molar-refractivity contribution in [2.45, 2.75) is 19.4 Å². The van der Waals surface area contributed by atoms with Crippen LogP contribution >= 0.6 is 0 Å². The van der Waals surface area contributed by atoms with E-state index in [0.29, 0.717) is 17.6 Å². The zero-order chi connectivity index (χ0) is 13.1. The Hall–Kier alpha value is -1.95. The van der Waals surface area contributed by atoms with E-state index in [-0.39, 0.29) is 11.9 Å². The fourth-order valence-corrected chi connectivity index (χ4v) is 1.82. The SMILES string of the molecule is CC(CCN)N(C)C(=O)c1cnn2ccncc12. The van der Waals surface area contributed by atoms with Gasteiger partial charge in [-0.05, 0) is 19.9 Å². The van der Waals surface area contributed by atoms with Gasteiger partial charge in [-0.3, -0.25) is 9.78 Å². The van der Waals surface area contributed by atoms with Gasteiger partial charge in [0.25, 0.3) is 5.91 Å². The molecule has 0 aromatic carbocycles. The lowest BCUT2D eigenvalue weighted by Gasteiger charge is -2.24. The second-order valence-corrected chi connectivity index (χ2v) is 4.31. The molecule has 2 aromatic rings. The number of nitrogens with zero attached hydrogens (tertiary/aromatic N) is 4. The average Bonchev–Trinajstić information content (AvgIpc) is 2.81. The summed E-state index contributed by atoms with van der Waals surface area (Å²) in [6.45, 7) is 2.55. The Morgan fingerprint density at radius 2 is 2.33 bits per heavy atom. The topological polar surface area (TPSA) is 76.5 Å². The van der Waals surface area contributed by atoms with E-state index in [1.54, 1.807) is 41.3 Å². The number of rotatable bonds is 4. The standard InChI is InChI=1S/C12H17N5O/c1-9(3-4-13)16(2)12(18)10-7-15-17-6-5-14-8-11(10)17/h5-9H,3-4,13H2,1-2H3. The van der Waals surface area contributed by atoms with Crippen molar-refractivity contribution in [1.82, 2.24) is 19.5 Å². The molecule has 18 heavy (non-hydrogen) atoms. The fraction of sp³-hybridized carbons (Fsp3) is 0.417. The molecule has 96 valence electrons. The lowest BCUT2D eigenvalue weighted by Crippen LogP contribution is -2.36. The summed E-state index contributed by atoms with van der Waals surface area (Å²) in [5.41, 5.74) is 6.79. The molecule has 0 aliphatic rings. The maximum Gasteiger partial charge on any atom is 0.257 e. The maximum absolute atomic E-state index is 12.3. The third-order valence-electron chi connectivity index (χ3n) is 3.12. The summed E-state index contributed by atoms with van der Waals surface area (Å²) < 4.78 is 1.64. The summed E-state index contributed by atoms with van der Waals surface area (Å²) in [4.78, 5) is 18.0. The van der Waals surface area contributed by atoms with Gasteiger partial charge in [0, 0.05) is 25.5 Å². The van der Waals surface area contributed by atoms with Gasteiger partial charge in [-0.2, -0.15) is 5.10 Å². The van der Waals surface area contributed by atoms with Crippen molar-refractivity contribution in [1.29, 1.82) is 0 Å². The third-order valence-corrected chi connectivity index (χ3v) is 3.12. The second-order valence-electron chi connectivity index (χ2n) is 4.31. The molecule has 0 saturated heterocycles. The Morgan fingerprint density at radius 3 is 3.06 bits per heavy atom. The van der Waals surface area contributed by atoms with Gasteiger partial charge in [0.1, 0.15) is 0 Å². The predicted molar refractivity (Wildman–Crippen MR) is 68.2 cm³/mol. The lowest BCUT2D eigenvalue weighted by atomic mass is 10.2. The first-order valence-corrected chi connectivity index (χ1v) is 5.89. The van der Waals surface area contributed by atoms with Crippen molar-refractivity contribution in [3.63, 3.8) is 0 Å². The van der Waals surface area contributed by atoms with Crippen LogP contribution < -0.4 is 5.73 Å². The van der Waals surface area contributed by atoms with E-state index in [0.717, 1.165) is 6.42 Å². The number of amides is 1. The molecule has 0 fully saturated rings. The Balaban J connectivity index is 2.28. The molecule has 2 N–H and O–H groups in total. The molecule has 0 aliphatic carbocycles. The highest BCUT2D eigenvalue weighted by molar-refractivity contribution is 6.00. The summed E-state index contributed by atoms with van der Waals surface area (Å²) >= 11 is 0. The zero-order valence-electron chi connectivity index (χ0n) is 10.6. The quantitative estimate of drug-likeness (QED) is 0.855. The van der Waals surface area contributed by atoms with Gasteiger partial charge >= 0.3 is 0 Å². The molecule has 1 atom stereocenters. The Kier molecular flexibility index (Phi) is 3.57. The van der Waals surface area contributed by atoms with Crippen LogP contribution in [-0.4, -0.2) is 45.0 Å². The third kappa shape index (κ3) is 2.19. The highest BCUT2D eigenvalue weighted by Crippen LogP contribution is 2.13. The number of hydrogen-bond donors (Lipinski definition) is 1. The van der Waals surface area contributed by atoms with E-state index in [9.17, 15) is 4.79 Å². The van der Waals surface area contributed by atoms with Crippen LogP contribution in [0.25, 0.3) is 5.52 Å². The molecule has 2 aromatic heterocycles. The van der Waals surface area contributed by atoms with E-state index in [4.69, 9.17) is 5.73 Å². The number of aromatic nitrogens is 3. The van der Waals surface area contributed by atoms with E-state index < -0.39 is 0 Å². The largest absolute Gasteiger partial charge is 0.339 e. The van der Waals surface area contributed by atoms with Crippen molar-refractivity contribution in [2.75, 3.05) is 13.6 Å². The Labute approximate surface area is 105 Å². The fourth-order valence-electron chi connectivity index (χ4n) is 1.82. The van der Waals surface area contributed by atoms with Gasteiger partial charge in [0.2, 0.25) is 0 Å². The summed E-state index contributed by atoms with van der Waals surface area (Å²) in [5, 5.41) is 4.13. The molecule has 0 aliphatic heterocycles. The first-order chi connectivity index (χ1) is 8.65. The van der Waals surface area contributed by atoms with Gasteiger partial charge in [-0.25, -0.2) is 4.52 Å². The number of hydrogen-bond acceptors (Lipinski definition) is 4. The lowest BCUT2D eigenvalue weighted by molar-refractivity contribution is 0.0741. The minimum Gasteiger partial charge on any atom is -0.339 e. The van der Waals surface area contributed by atoms with Gasteiger partial charge in [-0.15, -0.1) is 0 Å². The molecule has 6 heteroatoms. The molecule has 0 radical (unpaired) electrons. The van der Waals surface area contributed by atoms with Crippen molar-refractivity contribution in [3.05, 3.63) is 30.4 Å². The molecule has 1 amide bonds. The predicted octanol–water partition coefficient (Wildman–Crippen LogP) is 0.539. The molecule has 0 saturated carbocycles. The number of fused-ring (bicyclic) bond motifs is 1. The molecule has 6 nitrogen and oxygen atoms in total. The molecule has 2 heterocycles. The van der Waals surface area contributed by atoms with Gasteiger partial charge < -0.3 is 10.6 Å². The molecular formula is C12H17N5O. The van der Waals surface area contributed by atoms with Gasteiger partial charge in [-0.1, -0.05) is 0 Å². The van der Waals surface area contributed by atoms with Crippen LogP contribution in [0.5, 0.6) is 0 Å². The van der Waals surface area contributed by atoms with Crippen molar-refractivity contribution in [2.24, 2.45) is 5.73 Å². The molecule has 0 spiro atoms. The van der Waals surface area contributed by atoms with Crippen LogP contribution in [0.15, 0.2) is 24.8 Å². The van der Waals surface area contributed by atoms with Gasteiger partial charge in [0.05, 0.1) is 23.5 Å². The number of nitrogens with two attached hydrogens (primary N) is 1. The normalized spacial score (nSPS) is 12.6. The van der Waals surface area contributed by atoms with Crippen LogP contribution in [-0.2, 0) is 0 Å². The van der Waals surface area contributed by atoms with Crippen LogP contribution in [0.2, 0.25) is 0 Å². The van der Waals surface area contributed by atoms with E-state index >= 15 is 0 Å². The van der Waals surface area contributed by atoms with E-state index in [1.807, 2.05) is 6.92 Å². The number of carbonyl (C=O) groups excluding carboxylic acids is 1. The highest BCUT2D eigenvalue weighted by Gasteiger charge is 2.20. The summed E-state index contributed by atoms with van der Waals surface area (Å²) in [6.07, 6.45) is 7.34. The first kappa shape index (κ1) is 12.5.